The summed E-state index contributed by atoms with van der Waals surface area (Å²) in [5.74, 6) is -0.919. The van der Waals surface area contributed by atoms with Crippen LogP contribution >= 0.6 is 0 Å². The Balaban J connectivity index is 4.18. The third kappa shape index (κ3) is 60.4. The van der Waals surface area contributed by atoms with Crippen molar-refractivity contribution in [2.45, 2.75) is 277 Å². The van der Waals surface area contributed by atoms with Crippen molar-refractivity contribution in [3.05, 3.63) is 134 Å². The van der Waals surface area contributed by atoms with Crippen LogP contribution in [0.2, 0.25) is 0 Å². The van der Waals surface area contributed by atoms with Gasteiger partial charge < -0.3 is 14.2 Å². The maximum Gasteiger partial charge on any atom is 0.306 e. The minimum atomic E-state index is -0.789. The quantitative estimate of drug-likeness (QED) is 0.0261. The van der Waals surface area contributed by atoms with Gasteiger partial charge in [0.2, 0.25) is 0 Å². The third-order valence-electron chi connectivity index (χ3n) is 12.9. The lowest BCUT2D eigenvalue weighted by molar-refractivity contribution is -0.167. The van der Waals surface area contributed by atoms with Crippen LogP contribution in [0.15, 0.2) is 134 Å². The highest BCUT2D eigenvalue weighted by Gasteiger charge is 2.19. The zero-order valence-electron chi connectivity index (χ0n) is 49.2. The van der Waals surface area contributed by atoms with Gasteiger partial charge in [-0.3, -0.25) is 14.4 Å². The van der Waals surface area contributed by atoms with Crippen LogP contribution in [0, 0.1) is 0 Å². The van der Waals surface area contributed by atoms with Crippen LogP contribution in [0.3, 0.4) is 0 Å². The lowest BCUT2D eigenvalue weighted by Crippen LogP contribution is -2.30. The van der Waals surface area contributed by atoms with Gasteiger partial charge in [-0.1, -0.05) is 270 Å². The van der Waals surface area contributed by atoms with E-state index < -0.39 is 6.10 Å². The van der Waals surface area contributed by atoms with Crippen molar-refractivity contribution in [3.63, 3.8) is 0 Å². The SMILES string of the molecule is CC/C=C\C/C=C\C/C=C\C/C=C\C/C=C\C/C=C\C/C=C\CCCCCCCC(=O)OCC(COC(=O)CCCCCCCC)OC(=O)CCCCCCCCCCCCCC/C=C\C/C=C\C/C=C\C/C=C\CC. The Kier molecular flexibility index (Phi) is 59.4. The number of ether oxygens (including phenoxy) is 3. The molecule has 0 heterocycles. The summed E-state index contributed by atoms with van der Waals surface area (Å²) >= 11 is 0. The van der Waals surface area contributed by atoms with Crippen LogP contribution in [0.4, 0.5) is 0 Å². The van der Waals surface area contributed by atoms with E-state index in [-0.39, 0.29) is 31.1 Å². The fourth-order valence-electron chi connectivity index (χ4n) is 8.30. The van der Waals surface area contributed by atoms with Crippen molar-refractivity contribution in [1.29, 1.82) is 0 Å². The highest BCUT2D eigenvalue weighted by atomic mass is 16.6. The average Bonchev–Trinajstić information content (AvgIpc) is 3.42. The van der Waals surface area contributed by atoms with Crippen LogP contribution < -0.4 is 0 Å². The molecule has 6 nitrogen and oxygen atoms in total. The van der Waals surface area contributed by atoms with Crippen LogP contribution in [0.5, 0.6) is 0 Å². The van der Waals surface area contributed by atoms with E-state index in [1.165, 1.54) is 83.5 Å². The van der Waals surface area contributed by atoms with Gasteiger partial charge in [0.25, 0.3) is 0 Å². The van der Waals surface area contributed by atoms with Crippen molar-refractivity contribution < 1.29 is 28.6 Å². The monoisotopic (exact) mass is 1050 g/mol. The van der Waals surface area contributed by atoms with Gasteiger partial charge in [-0.2, -0.15) is 0 Å². The van der Waals surface area contributed by atoms with E-state index in [1.54, 1.807) is 0 Å². The number of esters is 3. The maximum atomic E-state index is 12.8. The molecule has 0 radical (unpaired) electrons. The molecule has 0 aromatic rings. The Morgan fingerprint density at radius 3 is 0.803 bits per heavy atom. The number of carbonyl (C=O) groups is 3. The number of carbonyl (C=O) groups excluding carboxylic acids is 3. The molecule has 6 heteroatoms. The molecule has 76 heavy (non-hydrogen) atoms. The maximum absolute atomic E-state index is 12.8. The molecular formula is C70H114O6. The molecule has 0 fully saturated rings. The second-order valence-corrected chi connectivity index (χ2v) is 20.2. The predicted molar refractivity (Wildman–Crippen MR) is 329 cm³/mol. The molecule has 0 amide bonds. The Bertz CT molecular complexity index is 1630. The molecule has 0 aromatic carbocycles. The van der Waals surface area contributed by atoms with Crippen LogP contribution in [-0.4, -0.2) is 37.2 Å². The molecule has 0 bridgehead atoms. The Morgan fingerprint density at radius 1 is 0.276 bits per heavy atom. The molecular weight excluding hydrogens is 937 g/mol. The first kappa shape index (κ1) is 71.5. The summed E-state index contributed by atoms with van der Waals surface area (Å²) in [5.41, 5.74) is 0. The highest BCUT2D eigenvalue weighted by Crippen LogP contribution is 2.15. The zero-order chi connectivity index (χ0) is 55.0. The first-order valence-electron chi connectivity index (χ1n) is 31.2. The molecule has 0 aliphatic rings. The second kappa shape index (κ2) is 63.1. The standard InChI is InChI=1S/C70H114O6/c1-4-7-10-13-16-18-20-22-24-26-28-30-32-34-35-37-38-40-42-44-46-48-50-52-54-57-60-63-69(72)75-66-67(65-74-68(71)62-59-56-15-12-9-6-3)76-70(73)64-61-58-55-53-51-49-47-45-43-41-39-36-33-31-29-27-25-23-21-19-17-14-11-8-5-2/h7-8,10-11,16-19,22-25,28-31,34-35,38,40,44,46,67H,4-6,9,12-15,20-21,26-27,32-33,36-37,39,41-43,45,47-66H2,1-3H3/b10-7-,11-8-,18-16-,19-17-,24-22-,25-23-,30-28-,31-29-,35-34-,40-38-,46-44-. The largest absolute Gasteiger partial charge is 0.462 e. The van der Waals surface area contributed by atoms with Gasteiger partial charge in [-0.05, 0) is 116 Å². The molecule has 0 spiro atoms. The molecule has 0 saturated carbocycles. The van der Waals surface area contributed by atoms with Crippen LogP contribution in [-0.2, 0) is 28.6 Å². The fraction of sp³-hybridized carbons (Fsp3) is 0.643. The summed E-state index contributed by atoms with van der Waals surface area (Å²) in [5, 5.41) is 0. The topological polar surface area (TPSA) is 78.9 Å². The van der Waals surface area contributed by atoms with Crippen molar-refractivity contribution in [3.8, 4) is 0 Å². The number of unbranched alkanes of at least 4 members (excludes halogenated alkanes) is 22. The Labute approximate surface area is 468 Å². The first-order chi connectivity index (χ1) is 37.5. The minimum Gasteiger partial charge on any atom is -0.462 e. The van der Waals surface area contributed by atoms with E-state index in [0.29, 0.717) is 19.3 Å². The normalized spacial score (nSPS) is 13.0. The van der Waals surface area contributed by atoms with Gasteiger partial charge in [0.1, 0.15) is 13.2 Å². The van der Waals surface area contributed by atoms with Gasteiger partial charge in [0.15, 0.2) is 6.10 Å². The number of hydrogen-bond donors (Lipinski definition) is 0. The first-order valence-corrected chi connectivity index (χ1v) is 31.2. The van der Waals surface area contributed by atoms with Gasteiger partial charge in [0.05, 0.1) is 0 Å². The van der Waals surface area contributed by atoms with Crippen molar-refractivity contribution >= 4 is 17.9 Å². The molecule has 0 aliphatic carbocycles. The van der Waals surface area contributed by atoms with Gasteiger partial charge >= 0.3 is 17.9 Å². The second-order valence-electron chi connectivity index (χ2n) is 20.2. The highest BCUT2D eigenvalue weighted by molar-refractivity contribution is 5.71. The van der Waals surface area contributed by atoms with Crippen molar-refractivity contribution in [2.24, 2.45) is 0 Å². The van der Waals surface area contributed by atoms with E-state index in [9.17, 15) is 14.4 Å². The molecule has 430 valence electrons. The third-order valence-corrected chi connectivity index (χ3v) is 12.9. The van der Waals surface area contributed by atoms with E-state index in [0.717, 1.165) is 148 Å². The van der Waals surface area contributed by atoms with Crippen LogP contribution in [0.1, 0.15) is 271 Å². The molecule has 0 N–H and O–H groups in total. The van der Waals surface area contributed by atoms with E-state index in [1.807, 2.05) is 0 Å². The minimum absolute atomic E-state index is 0.0877. The van der Waals surface area contributed by atoms with E-state index >= 15 is 0 Å². The van der Waals surface area contributed by atoms with Gasteiger partial charge in [-0.15, -0.1) is 0 Å². The number of rotatable bonds is 55. The predicted octanol–water partition coefficient (Wildman–Crippen LogP) is 21.4. The Morgan fingerprint density at radius 2 is 0.513 bits per heavy atom. The molecule has 0 aliphatic heterocycles. The molecule has 1 unspecified atom stereocenters. The average molecular weight is 1050 g/mol. The molecule has 1 atom stereocenters. The van der Waals surface area contributed by atoms with Crippen LogP contribution in [0.25, 0.3) is 0 Å². The zero-order valence-corrected chi connectivity index (χ0v) is 49.2. The summed E-state index contributed by atoms with van der Waals surface area (Å²) < 4.78 is 16.8. The Hall–Kier alpha value is -4.45. The van der Waals surface area contributed by atoms with E-state index in [2.05, 4.69) is 154 Å². The van der Waals surface area contributed by atoms with E-state index in [4.69, 9.17) is 14.2 Å². The molecule has 0 rings (SSSR count). The summed E-state index contributed by atoms with van der Waals surface area (Å²) in [6, 6.07) is 0. The lowest BCUT2D eigenvalue weighted by Gasteiger charge is -2.18. The fourth-order valence-corrected chi connectivity index (χ4v) is 8.30. The summed E-state index contributed by atoms with van der Waals surface area (Å²) in [7, 11) is 0. The van der Waals surface area contributed by atoms with Gasteiger partial charge in [-0.25, -0.2) is 0 Å². The summed E-state index contributed by atoms with van der Waals surface area (Å²) in [4.78, 5) is 38.0. The number of allylic oxidation sites excluding steroid dienone is 22. The smallest absolute Gasteiger partial charge is 0.306 e. The molecule has 0 saturated heterocycles. The number of hydrogen-bond acceptors (Lipinski definition) is 6. The summed E-state index contributed by atoms with van der Waals surface area (Å²) in [6.07, 6.45) is 89.1. The summed E-state index contributed by atoms with van der Waals surface area (Å²) in [6.45, 7) is 6.34. The van der Waals surface area contributed by atoms with Crippen molar-refractivity contribution in [1.82, 2.24) is 0 Å². The van der Waals surface area contributed by atoms with Crippen molar-refractivity contribution in [2.75, 3.05) is 13.2 Å². The lowest BCUT2D eigenvalue weighted by atomic mass is 10.0. The molecule has 0 aromatic heterocycles. The van der Waals surface area contributed by atoms with Gasteiger partial charge in [0, 0.05) is 19.3 Å².